The lowest BCUT2D eigenvalue weighted by Gasteiger charge is -2.34. The molecule has 7 nitrogen and oxygen atoms in total. The number of hydrogen-bond acceptors (Lipinski definition) is 4. The molecular formula is C20H27ClF3N3O4S. The second-order valence-electron chi connectivity index (χ2n) is 8.54. The van der Waals surface area contributed by atoms with E-state index in [1.54, 1.807) is 20.8 Å². The molecule has 1 aliphatic rings. The molecule has 2 rings (SSSR count). The number of amides is 2. The minimum Gasteiger partial charge on any atom is -0.356 e. The zero-order valence-corrected chi connectivity index (χ0v) is 19.7. The van der Waals surface area contributed by atoms with Gasteiger partial charge in [0.05, 0.1) is 10.6 Å². The average Bonchev–Trinajstić information content (AvgIpc) is 2.69. The summed E-state index contributed by atoms with van der Waals surface area (Å²) in [4.78, 5) is 25.1. The minimum absolute atomic E-state index is 0.0542. The molecule has 32 heavy (non-hydrogen) atoms. The van der Waals surface area contributed by atoms with Gasteiger partial charge in [-0.25, -0.2) is 8.42 Å². The summed E-state index contributed by atoms with van der Waals surface area (Å²) < 4.78 is 65.7. The van der Waals surface area contributed by atoms with Gasteiger partial charge in [0.1, 0.15) is 4.90 Å². The highest BCUT2D eigenvalue weighted by molar-refractivity contribution is 7.89. The molecule has 1 aromatic carbocycles. The largest absolute Gasteiger partial charge is 0.416 e. The molecule has 0 radical (unpaired) electrons. The summed E-state index contributed by atoms with van der Waals surface area (Å²) in [6.45, 7) is 5.83. The topological polar surface area (TPSA) is 86.8 Å². The molecule has 0 aliphatic carbocycles. The van der Waals surface area contributed by atoms with Crippen LogP contribution in [0.2, 0.25) is 5.02 Å². The van der Waals surface area contributed by atoms with Crippen LogP contribution in [0.15, 0.2) is 23.1 Å². The molecule has 0 atom stereocenters. The molecule has 0 spiro atoms. The van der Waals surface area contributed by atoms with Crippen molar-refractivity contribution in [2.24, 2.45) is 5.41 Å². The zero-order chi connectivity index (χ0) is 24.3. The number of halogens is 4. The number of piperazine rings is 1. The third kappa shape index (κ3) is 6.58. The van der Waals surface area contributed by atoms with E-state index in [-0.39, 0.29) is 49.4 Å². The van der Waals surface area contributed by atoms with Gasteiger partial charge in [0.25, 0.3) is 0 Å². The minimum atomic E-state index is -4.70. The van der Waals surface area contributed by atoms with E-state index in [2.05, 4.69) is 5.32 Å². The first-order valence-corrected chi connectivity index (χ1v) is 11.9. The lowest BCUT2D eigenvalue weighted by atomic mass is 9.96. The Kier molecular flexibility index (Phi) is 8.22. The summed E-state index contributed by atoms with van der Waals surface area (Å²) in [6.07, 6.45) is -4.07. The number of carbonyl (C=O) groups excluding carboxylic acids is 2. The molecule has 0 saturated carbocycles. The van der Waals surface area contributed by atoms with Crippen LogP contribution in [0.5, 0.6) is 0 Å². The Morgan fingerprint density at radius 2 is 1.69 bits per heavy atom. The van der Waals surface area contributed by atoms with Crippen molar-refractivity contribution in [3.05, 3.63) is 28.8 Å². The predicted octanol–water partition coefficient (Wildman–Crippen LogP) is 3.13. The van der Waals surface area contributed by atoms with Crippen molar-refractivity contribution in [3.8, 4) is 0 Å². The van der Waals surface area contributed by atoms with Crippen molar-refractivity contribution in [2.45, 2.75) is 44.7 Å². The van der Waals surface area contributed by atoms with Gasteiger partial charge < -0.3 is 10.2 Å². The monoisotopic (exact) mass is 497 g/mol. The van der Waals surface area contributed by atoms with E-state index in [4.69, 9.17) is 11.6 Å². The van der Waals surface area contributed by atoms with Crippen LogP contribution in [0, 0.1) is 5.41 Å². The number of carbonyl (C=O) groups is 2. The van der Waals surface area contributed by atoms with Crippen LogP contribution in [0.4, 0.5) is 13.2 Å². The Morgan fingerprint density at radius 3 is 2.22 bits per heavy atom. The first kappa shape index (κ1) is 26.4. The van der Waals surface area contributed by atoms with Crippen LogP contribution in [0.1, 0.15) is 39.2 Å². The van der Waals surface area contributed by atoms with E-state index >= 15 is 0 Å². The molecule has 1 aliphatic heterocycles. The van der Waals surface area contributed by atoms with Crippen molar-refractivity contribution in [1.29, 1.82) is 0 Å². The van der Waals surface area contributed by atoms with Crippen molar-refractivity contribution in [3.63, 3.8) is 0 Å². The Morgan fingerprint density at radius 1 is 1.09 bits per heavy atom. The SMILES string of the molecule is CC(C)(C)C(=O)NCCCC(=O)N1CCN(S(=O)(=O)c2cc(C(F)(F)F)ccc2Cl)CC1. The van der Waals surface area contributed by atoms with E-state index < -0.39 is 32.1 Å². The van der Waals surface area contributed by atoms with Gasteiger partial charge in [0.15, 0.2) is 0 Å². The zero-order valence-electron chi connectivity index (χ0n) is 18.1. The van der Waals surface area contributed by atoms with Crippen molar-refractivity contribution in [2.75, 3.05) is 32.7 Å². The molecule has 1 heterocycles. The molecule has 0 aromatic heterocycles. The average molecular weight is 498 g/mol. The molecule has 12 heteroatoms. The number of sulfonamides is 1. The van der Waals surface area contributed by atoms with Crippen LogP contribution in [0.25, 0.3) is 0 Å². The number of rotatable bonds is 6. The van der Waals surface area contributed by atoms with Gasteiger partial charge in [-0.15, -0.1) is 0 Å². The molecule has 1 N–H and O–H groups in total. The van der Waals surface area contributed by atoms with E-state index in [0.717, 1.165) is 16.4 Å². The summed E-state index contributed by atoms with van der Waals surface area (Å²) in [5.74, 6) is -0.291. The van der Waals surface area contributed by atoms with Crippen LogP contribution in [0.3, 0.4) is 0 Å². The maximum Gasteiger partial charge on any atom is 0.416 e. The molecule has 0 unspecified atom stereocenters. The van der Waals surface area contributed by atoms with Crippen molar-refractivity contribution < 1.29 is 31.2 Å². The maximum atomic E-state index is 13.0. The number of hydrogen-bond donors (Lipinski definition) is 1. The molecule has 180 valence electrons. The normalized spacial score (nSPS) is 16.2. The van der Waals surface area contributed by atoms with Gasteiger partial charge >= 0.3 is 6.18 Å². The number of benzene rings is 1. The van der Waals surface area contributed by atoms with Crippen LogP contribution in [-0.4, -0.2) is 62.2 Å². The second-order valence-corrected chi connectivity index (χ2v) is 10.9. The molecule has 1 fully saturated rings. The van der Waals surface area contributed by atoms with E-state index in [9.17, 15) is 31.2 Å². The predicted molar refractivity (Wildman–Crippen MR) is 113 cm³/mol. The Labute approximate surface area is 190 Å². The number of alkyl halides is 3. The highest BCUT2D eigenvalue weighted by Gasteiger charge is 2.35. The summed E-state index contributed by atoms with van der Waals surface area (Å²) >= 11 is 5.88. The standard InChI is InChI=1S/C20H27ClF3N3O4S/c1-19(2,3)18(29)25-8-4-5-17(28)26-9-11-27(12-10-26)32(30,31)16-13-14(20(22,23)24)6-7-15(16)21/h6-7,13H,4-5,8-12H2,1-3H3,(H,25,29). The summed E-state index contributed by atoms with van der Waals surface area (Å²) in [7, 11) is -4.25. The molecule has 1 saturated heterocycles. The van der Waals surface area contributed by atoms with Crippen molar-refractivity contribution in [1.82, 2.24) is 14.5 Å². The van der Waals surface area contributed by atoms with E-state index in [1.165, 1.54) is 4.90 Å². The van der Waals surface area contributed by atoms with Gasteiger partial charge in [-0.05, 0) is 24.6 Å². The van der Waals surface area contributed by atoms with E-state index in [1.807, 2.05) is 0 Å². The Balaban J connectivity index is 1.93. The van der Waals surface area contributed by atoms with E-state index in [0.29, 0.717) is 19.0 Å². The summed E-state index contributed by atoms with van der Waals surface area (Å²) in [5.41, 5.74) is -1.62. The van der Waals surface area contributed by atoms with Gasteiger partial charge in [-0.1, -0.05) is 32.4 Å². The lowest BCUT2D eigenvalue weighted by molar-refractivity contribution is -0.137. The Bertz CT molecular complexity index is 954. The van der Waals surface area contributed by atoms with Gasteiger partial charge in [0.2, 0.25) is 21.8 Å². The maximum absolute atomic E-state index is 13.0. The smallest absolute Gasteiger partial charge is 0.356 e. The number of nitrogens with one attached hydrogen (secondary N) is 1. The van der Waals surface area contributed by atoms with Crippen molar-refractivity contribution >= 4 is 33.4 Å². The second kappa shape index (κ2) is 9.96. The first-order chi connectivity index (χ1) is 14.6. The first-order valence-electron chi connectivity index (χ1n) is 10.1. The molecular weight excluding hydrogens is 471 g/mol. The molecule has 2 amide bonds. The van der Waals surface area contributed by atoms with Gasteiger partial charge in [0, 0.05) is 44.6 Å². The fraction of sp³-hybridized carbons (Fsp3) is 0.600. The fourth-order valence-electron chi connectivity index (χ4n) is 3.06. The molecule has 1 aromatic rings. The highest BCUT2D eigenvalue weighted by atomic mass is 35.5. The highest BCUT2D eigenvalue weighted by Crippen LogP contribution is 2.34. The third-order valence-corrected chi connectivity index (χ3v) is 7.38. The van der Waals surface area contributed by atoms with Crippen LogP contribution < -0.4 is 5.32 Å². The van der Waals surface area contributed by atoms with Gasteiger partial charge in [-0.2, -0.15) is 17.5 Å². The molecule has 0 bridgehead atoms. The van der Waals surface area contributed by atoms with Crippen LogP contribution >= 0.6 is 11.6 Å². The quantitative estimate of drug-likeness (QED) is 0.612. The summed E-state index contributed by atoms with van der Waals surface area (Å²) in [5, 5.41) is 2.46. The third-order valence-electron chi connectivity index (χ3n) is 5.00. The summed E-state index contributed by atoms with van der Waals surface area (Å²) in [6, 6.07) is 2.17. The fourth-order valence-corrected chi connectivity index (χ4v) is 4.98. The van der Waals surface area contributed by atoms with Gasteiger partial charge in [-0.3, -0.25) is 9.59 Å². The van der Waals surface area contributed by atoms with Crippen LogP contribution in [-0.2, 0) is 25.8 Å². The lowest BCUT2D eigenvalue weighted by Crippen LogP contribution is -2.50. The Hall–Kier alpha value is -1.85. The number of nitrogens with zero attached hydrogens (tertiary/aromatic N) is 2.